The summed E-state index contributed by atoms with van der Waals surface area (Å²) in [5.74, 6) is 0.529. The molecule has 0 aliphatic carbocycles. The Labute approximate surface area is 205 Å². The second kappa shape index (κ2) is 9.98. The minimum Gasteiger partial charge on any atom is -0.467 e. The molecule has 176 valence electrons. The highest BCUT2D eigenvalue weighted by atomic mass is 35.5. The first-order valence-electron chi connectivity index (χ1n) is 10.1. The van der Waals surface area contributed by atoms with Crippen molar-refractivity contribution in [3.63, 3.8) is 0 Å². The zero-order chi connectivity index (χ0) is 23.7. The molecule has 1 fully saturated rings. The summed E-state index contributed by atoms with van der Waals surface area (Å²) in [7, 11) is -4.65. The van der Waals surface area contributed by atoms with Gasteiger partial charge in [-0.05, 0) is 18.2 Å². The van der Waals surface area contributed by atoms with Gasteiger partial charge in [0.25, 0.3) is 10.0 Å². The summed E-state index contributed by atoms with van der Waals surface area (Å²) >= 11 is 18.5. The van der Waals surface area contributed by atoms with Gasteiger partial charge in [-0.15, -0.1) is 0 Å². The first-order chi connectivity index (χ1) is 14.9. The maximum Gasteiger partial charge on any atom is 0.250 e. The van der Waals surface area contributed by atoms with E-state index in [0.29, 0.717) is 46.0 Å². The first-order valence-corrected chi connectivity index (χ1v) is 16.8. The molecular formula is C20H27Cl2N3O4S2Si. The van der Waals surface area contributed by atoms with Crippen LogP contribution in [-0.2, 0) is 14.8 Å². The van der Waals surface area contributed by atoms with Crippen LogP contribution in [0.25, 0.3) is 0 Å². The number of benzene rings is 1. The van der Waals surface area contributed by atoms with Crippen molar-refractivity contribution >= 4 is 64.2 Å². The molecule has 12 heteroatoms. The van der Waals surface area contributed by atoms with Gasteiger partial charge in [0.1, 0.15) is 5.75 Å². The van der Waals surface area contributed by atoms with E-state index in [4.69, 9.17) is 44.9 Å². The molecule has 1 atom stereocenters. The predicted molar refractivity (Wildman–Crippen MR) is 136 cm³/mol. The highest BCUT2D eigenvalue weighted by Gasteiger charge is 2.33. The second-order valence-corrected chi connectivity index (χ2v) is 17.7. The van der Waals surface area contributed by atoms with Crippen LogP contribution in [0.15, 0.2) is 24.5 Å². The Hall–Kier alpha value is -1.17. The molecule has 1 aromatic heterocycles. The van der Waals surface area contributed by atoms with Gasteiger partial charge >= 0.3 is 0 Å². The summed E-state index contributed by atoms with van der Waals surface area (Å²) in [5, 5.41) is 4.79. The second-order valence-electron chi connectivity index (χ2n) is 8.99. The van der Waals surface area contributed by atoms with E-state index in [2.05, 4.69) is 24.7 Å². The van der Waals surface area contributed by atoms with Crippen LogP contribution in [0.1, 0.15) is 17.9 Å². The highest BCUT2D eigenvalue weighted by Crippen LogP contribution is 2.43. The van der Waals surface area contributed by atoms with Crippen LogP contribution in [0.3, 0.4) is 0 Å². The first kappa shape index (κ1) is 25.4. The molecule has 0 amide bonds. The molecule has 1 unspecified atom stereocenters. The molecule has 3 rings (SSSR count). The number of thiocarbonyl (C=S) groups is 1. The third-order valence-electron chi connectivity index (χ3n) is 5.12. The zero-order valence-corrected chi connectivity index (χ0v) is 22.6. The van der Waals surface area contributed by atoms with Crippen molar-refractivity contribution in [2.75, 3.05) is 31.1 Å². The fourth-order valence-corrected chi connectivity index (χ4v) is 5.50. The average Bonchev–Trinajstić information content (AvgIpc) is 3.30. The Morgan fingerprint density at radius 1 is 1.28 bits per heavy atom. The lowest BCUT2D eigenvalue weighted by Crippen LogP contribution is -2.23. The molecule has 1 aliphatic heterocycles. The predicted octanol–water partition coefficient (Wildman–Crippen LogP) is 5.01. The summed E-state index contributed by atoms with van der Waals surface area (Å²) in [6, 6.07) is 4.54. The van der Waals surface area contributed by atoms with Gasteiger partial charge in [-0.25, -0.2) is 8.42 Å². The van der Waals surface area contributed by atoms with Gasteiger partial charge in [0.2, 0.25) is 0 Å². The maximum atomic E-state index is 11.7. The van der Waals surface area contributed by atoms with Gasteiger partial charge in [0.05, 0.1) is 39.4 Å². The lowest BCUT2D eigenvalue weighted by atomic mass is 9.97. The van der Waals surface area contributed by atoms with E-state index in [1.165, 1.54) is 12.4 Å². The molecule has 1 aromatic carbocycles. The van der Waals surface area contributed by atoms with Crippen LogP contribution in [0.4, 0.5) is 5.69 Å². The summed E-state index contributed by atoms with van der Waals surface area (Å²) in [6.07, 6.45) is 4.58. The third kappa shape index (κ3) is 6.24. The van der Waals surface area contributed by atoms with Crippen molar-refractivity contribution in [2.45, 2.75) is 38.0 Å². The summed E-state index contributed by atoms with van der Waals surface area (Å²) in [5.41, 5.74) is 1.38. The minimum absolute atomic E-state index is 0.0766. The topological polar surface area (TPSA) is 73.7 Å². The van der Waals surface area contributed by atoms with E-state index in [9.17, 15) is 8.42 Å². The summed E-state index contributed by atoms with van der Waals surface area (Å²) in [6.45, 7) is 8.16. The van der Waals surface area contributed by atoms with Gasteiger partial charge in [-0.1, -0.05) is 55.1 Å². The van der Waals surface area contributed by atoms with E-state index in [1.54, 1.807) is 12.1 Å². The van der Waals surface area contributed by atoms with Crippen molar-refractivity contribution in [1.82, 2.24) is 9.19 Å². The van der Waals surface area contributed by atoms with Crippen molar-refractivity contribution in [2.24, 2.45) is 0 Å². The van der Waals surface area contributed by atoms with Crippen LogP contribution < -0.4 is 9.64 Å². The highest BCUT2D eigenvalue weighted by molar-refractivity contribution is 7.89. The fraction of sp³-hybridized carbons (Fsp3) is 0.500. The Morgan fingerprint density at radius 3 is 2.62 bits per heavy atom. The quantitative estimate of drug-likeness (QED) is 0.193. The molecule has 0 radical (unpaired) electrons. The molecule has 1 aliphatic rings. The standard InChI is InChI=1S/C20H27Cl2N3O4S2Si/c1-31(26,27)25-12-15(10-23-25)24-11-14(9-18(24)30)19-17(6-5-16(21)20(19)22)29-13-28-7-8-32(2,3)4/h5-6,10,12,14H,7-9,11,13H2,1-4H3. The van der Waals surface area contributed by atoms with Crippen LogP contribution in [0.5, 0.6) is 5.75 Å². The number of aromatic nitrogens is 2. The maximum absolute atomic E-state index is 11.7. The number of rotatable bonds is 9. The van der Waals surface area contributed by atoms with Crippen molar-refractivity contribution in [3.8, 4) is 5.75 Å². The van der Waals surface area contributed by atoms with Crippen LogP contribution in [0.2, 0.25) is 35.7 Å². The van der Waals surface area contributed by atoms with Gasteiger partial charge in [0, 0.05) is 39.1 Å². The van der Waals surface area contributed by atoms with Gasteiger partial charge in [0.15, 0.2) is 6.79 Å². The molecule has 0 saturated carbocycles. The molecule has 1 saturated heterocycles. The molecule has 0 N–H and O–H groups in total. The Kier molecular flexibility index (Phi) is 7.94. The molecule has 0 bridgehead atoms. The van der Waals surface area contributed by atoms with Crippen LogP contribution in [0, 0.1) is 0 Å². The monoisotopic (exact) mass is 535 g/mol. The Bertz CT molecular complexity index is 1100. The molecule has 7 nitrogen and oxygen atoms in total. The van der Waals surface area contributed by atoms with Gasteiger partial charge < -0.3 is 14.4 Å². The van der Waals surface area contributed by atoms with Crippen molar-refractivity contribution < 1.29 is 17.9 Å². The average molecular weight is 537 g/mol. The van der Waals surface area contributed by atoms with E-state index in [0.717, 1.165) is 22.0 Å². The largest absolute Gasteiger partial charge is 0.467 e. The number of ether oxygens (including phenoxy) is 2. The third-order valence-corrected chi connectivity index (χ3v) is 8.91. The molecule has 0 spiro atoms. The van der Waals surface area contributed by atoms with E-state index < -0.39 is 18.1 Å². The van der Waals surface area contributed by atoms with Crippen LogP contribution >= 0.6 is 35.4 Å². The molecule has 2 aromatic rings. The zero-order valence-electron chi connectivity index (χ0n) is 18.5. The number of hydrogen-bond acceptors (Lipinski definition) is 6. The van der Waals surface area contributed by atoms with E-state index >= 15 is 0 Å². The van der Waals surface area contributed by atoms with Crippen molar-refractivity contribution in [3.05, 3.63) is 40.1 Å². The number of nitrogens with zero attached hydrogens (tertiary/aromatic N) is 3. The molecular weight excluding hydrogens is 509 g/mol. The lowest BCUT2D eigenvalue weighted by Gasteiger charge is -2.20. The normalized spacial score (nSPS) is 17.2. The summed E-state index contributed by atoms with van der Waals surface area (Å²) < 4.78 is 36.0. The number of hydrogen-bond donors (Lipinski definition) is 0. The van der Waals surface area contributed by atoms with E-state index in [1.807, 2.05) is 4.90 Å². The van der Waals surface area contributed by atoms with Gasteiger partial charge in [-0.3, -0.25) is 0 Å². The molecule has 2 heterocycles. The van der Waals surface area contributed by atoms with E-state index in [-0.39, 0.29) is 12.7 Å². The Morgan fingerprint density at radius 2 is 2.00 bits per heavy atom. The molecule has 32 heavy (non-hydrogen) atoms. The lowest BCUT2D eigenvalue weighted by molar-refractivity contribution is 0.0213. The summed E-state index contributed by atoms with van der Waals surface area (Å²) in [4.78, 5) is 2.52. The fourth-order valence-electron chi connectivity index (χ4n) is 3.36. The Balaban J connectivity index is 1.76. The smallest absolute Gasteiger partial charge is 0.250 e. The SMILES string of the molecule is C[Si](C)(C)CCOCOc1ccc(Cl)c(Cl)c1C1CC(=S)N(c2cnn(S(C)(=O)=O)c2)C1. The number of halogens is 2. The minimum atomic E-state index is -3.47. The number of anilines is 1. The van der Waals surface area contributed by atoms with Crippen molar-refractivity contribution in [1.29, 1.82) is 0 Å². The van der Waals surface area contributed by atoms with Gasteiger partial charge in [-0.2, -0.15) is 9.19 Å². The van der Waals surface area contributed by atoms with Crippen LogP contribution in [-0.4, -0.2) is 56.9 Å².